The number of nitriles is 1. The van der Waals surface area contributed by atoms with E-state index in [-0.39, 0.29) is 11.5 Å². The lowest BCUT2D eigenvalue weighted by Gasteiger charge is -2.07. The minimum absolute atomic E-state index is 0.176. The normalized spacial score (nSPS) is 10.3. The van der Waals surface area contributed by atoms with Crippen LogP contribution in [0.4, 0.5) is 10.1 Å². The van der Waals surface area contributed by atoms with Crippen LogP contribution >= 0.6 is 0 Å². The molecule has 0 aliphatic heterocycles. The first-order chi connectivity index (χ1) is 14.1. The maximum atomic E-state index is 13.3. The van der Waals surface area contributed by atoms with Crippen LogP contribution in [0.5, 0.6) is 0 Å². The maximum absolute atomic E-state index is 13.3. The number of halogens is 1. The van der Waals surface area contributed by atoms with Gasteiger partial charge in [0.2, 0.25) is 0 Å². The van der Waals surface area contributed by atoms with E-state index in [0.717, 1.165) is 5.56 Å². The van der Waals surface area contributed by atoms with Crippen molar-refractivity contribution < 1.29 is 9.18 Å². The summed E-state index contributed by atoms with van der Waals surface area (Å²) in [7, 11) is 0. The van der Waals surface area contributed by atoms with Crippen molar-refractivity contribution in [3.05, 3.63) is 96.2 Å². The first-order valence-corrected chi connectivity index (χ1v) is 8.72. The van der Waals surface area contributed by atoms with Crippen molar-refractivity contribution in [2.45, 2.75) is 0 Å². The predicted octanol–water partition coefficient (Wildman–Crippen LogP) is 4.20. The zero-order valence-electron chi connectivity index (χ0n) is 15.1. The van der Waals surface area contributed by atoms with Crippen LogP contribution in [0.2, 0.25) is 0 Å². The molecule has 7 heteroatoms. The number of carbonyl (C=O) groups excluding carboxylic acids is 1. The second kappa shape index (κ2) is 7.74. The van der Waals surface area contributed by atoms with Gasteiger partial charge in [-0.3, -0.25) is 9.78 Å². The molecule has 0 saturated carbocycles. The topological polar surface area (TPSA) is 83.6 Å². The van der Waals surface area contributed by atoms with Gasteiger partial charge in [0.25, 0.3) is 5.91 Å². The average molecular weight is 383 g/mol. The second-order valence-corrected chi connectivity index (χ2v) is 6.19. The Balaban J connectivity index is 1.73. The smallest absolute Gasteiger partial charge is 0.276 e. The molecule has 1 N–H and O–H groups in total. The van der Waals surface area contributed by atoms with Gasteiger partial charge in [0.15, 0.2) is 5.69 Å². The van der Waals surface area contributed by atoms with E-state index >= 15 is 0 Å². The summed E-state index contributed by atoms with van der Waals surface area (Å²) in [4.78, 5) is 16.9. The predicted molar refractivity (Wildman–Crippen MR) is 106 cm³/mol. The molecule has 2 aromatic heterocycles. The minimum atomic E-state index is -0.425. The number of benzene rings is 2. The highest BCUT2D eigenvalue weighted by Crippen LogP contribution is 2.24. The summed E-state index contributed by atoms with van der Waals surface area (Å²) in [6, 6.07) is 19.7. The number of nitrogens with zero attached hydrogens (tertiary/aromatic N) is 4. The Bertz CT molecular complexity index is 1210. The molecular formula is C22H14FN5O. The first-order valence-electron chi connectivity index (χ1n) is 8.72. The number of pyridine rings is 1. The molecule has 0 unspecified atom stereocenters. The third-order valence-electron chi connectivity index (χ3n) is 4.22. The summed E-state index contributed by atoms with van der Waals surface area (Å²) in [6.07, 6.45) is 3.31. The highest BCUT2D eigenvalue weighted by Gasteiger charge is 2.17. The van der Waals surface area contributed by atoms with E-state index in [9.17, 15) is 9.18 Å². The first kappa shape index (κ1) is 18.1. The van der Waals surface area contributed by atoms with Crippen LogP contribution in [-0.2, 0) is 0 Å². The Hall–Kier alpha value is -4.31. The Labute approximate surface area is 165 Å². The number of hydrogen-bond donors (Lipinski definition) is 1. The molecule has 1 amide bonds. The van der Waals surface area contributed by atoms with Crippen molar-refractivity contribution in [3.8, 4) is 23.0 Å². The molecule has 0 bridgehead atoms. The number of hydrogen-bond acceptors (Lipinski definition) is 4. The molecule has 4 aromatic rings. The summed E-state index contributed by atoms with van der Waals surface area (Å²) in [6.45, 7) is 0. The number of carbonyl (C=O) groups is 1. The Kier molecular flexibility index (Phi) is 4.82. The van der Waals surface area contributed by atoms with Crippen molar-refractivity contribution >= 4 is 11.6 Å². The largest absolute Gasteiger partial charge is 0.321 e. The van der Waals surface area contributed by atoms with Gasteiger partial charge in [0.1, 0.15) is 5.82 Å². The number of nitrogens with one attached hydrogen (secondary N) is 1. The van der Waals surface area contributed by atoms with Crippen LogP contribution in [0.15, 0.2) is 79.1 Å². The SMILES string of the molecule is N#Cc1cccc(NC(=O)c2cc(-c3cccnc3)n(-c3ccc(F)cc3)n2)c1. The third kappa shape index (κ3) is 3.87. The molecule has 2 aromatic carbocycles. The molecule has 0 spiro atoms. The lowest BCUT2D eigenvalue weighted by Crippen LogP contribution is -2.13. The Morgan fingerprint density at radius 1 is 1.07 bits per heavy atom. The van der Waals surface area contributed by atoms with Crippen molar-refractivity contribution in [3.63, 3.8) is 0 Å². The molecule has 0 aliphatic rings. The van der Waals surface area contributed by atoms with Gasteiger partial charge >= 0.3 is 0 Å². The van der Waals surface area contributed by atoms with Gasteiger partial charge in [-0.15, -0.1) is 0 Å². The van der Waals surface area contributed by atoms with Gasteiger partial charge in [0.05, 0.1) is 23.0 Å². The molecule has 6 nitrogen and oxygen atoms in total. The minimum Gasteiger partial charge on any atom is -0.321 e. The summed E-state index contributed by atoms with van der Waals surface area (Å²) in [5, 5.41) is 16.2. The van der Waals surface area contributed by atoms with Gasteiger partial charge in [0, 0.05) is 23.6 Å². The number of anilines is 1. The fourth-order valence-corrected chi connectivity index (χ4v) is 2.85. The van der Waals surface area contributed by atoms with E-state index in [1.165, 1.54) is 12.1 Å². The van der Waals surface area contributed by atoms with Gasteiger partial charge in [-0.05, 0) is 60.7 Å². The Morgan fingerprint density at radius 2 is 1.90 bits per heavy atom. The van der Waals surface area contributed by atoms with Gasteiger partial charge in [-0.2, -0.15) is 10.4 Å². The van der Waals surface area contributed by atoms with Crippen molar-refractivity contribution in [2.24, 2.45) is 0 Å². The van der Waals surface area contributed by atoms with E-state index < -0.39 is 5.91 Å². The fraction of sp³-hybridized carbons (Fsp3) is 0. The highest BCUT2D eigenvalue weighted by molar-refractivity contribution is 6.03. The molecule has 29 heavy (non-hydrogen) atoms. The lowest BCUT2D eigenvalue weighted by molar-refractivity contribution is 0.102. The van der Waals surface area contributed by atoms with E-state index in [0.29, 0.717) is 22.6 Å². The molecule has 0 atom stereocenters. The van der Waals surface area contributed by atoms with Crippen molar-refractivity contribution in [2.75, 3.05) is 5.32 Å². The molecule has 0 fully saturated rings. The molecule has 2 heterocycles. The van der Waals surface area contributed by atoms with Crippen LogP contribution in [0.25, 0.3) is 16.9 Å². The summed E-state index contributed by atoms with van der Waals surface area (Å²) >= 11 is 0. The quantitative estimate of drug-likeness (QED) is 0.573. The summed E-state index contributed by atoms with van der Waals surface area (Å²) < 4.78 is 14.9. The zero-order valence-corrected chi connectivity index (χ0v) is 15.1. The van der Waals surface area contributed by atoms with E-state index in [1.807, 2.05) is 12.1 Å². The molecule has 0 radical (unpaired) electrons. The second-order valence-electron chi connectivity index (χ2n) is 6.19. The molecule has 140 valence electrons. The zero-order chi connectivity index (χ0) is 20.2. The van der Waals surface area contributed by atoms with E-state index in [2.05, 4.69) is 15.4 Å². The van der Waals surface area contributed by atoms with Crippen molar-refractivity contribution in [1.29, 1.82) is 5.26 Å². The van der Waals surface area contributed by atoms with Gasteiger partial charge < -0.3 is 5.32 Å². The molecular weight excluding hydrogens is 369 g/mol. The summed E-state index contributed by atoms with van der Waals surface area (Å²) in [5.41, 5.74) is 3.12. The number of amides is 1. The fourth-order valence-electron chi connectivity index (χ4n) is 2.85. The van der Waals surface area contributed by atoms with Crippen molar-refractivity contribution in [1.82, 2.24) is 14.8 Å². The van der Waals surface area contributed by atoms with E-state index in [1.54, 1.807) is 65.6 Å². The Morgan fingerprint density at radius 3 is 2.62 bits per heavy atom. The monoisotopic (exact) mass is 383 g/mol. The maximum Gasteiger partial charge on any atom is 0.276 e. The highest BCUT2D eigenvalue weighted by atomic mass is 19.1. The van der Waals surface area contributed by atoms with Crippen LogP contribution in [0, 0.1) is 17.1 Å². The van der Waals surface area contributed by atoms with Crippen LogP contribution < -0.4 is 5.32 Å². The van der Waals surface area contributed by atoms with Crippen LogP contribution in [-0.4, -0.2) is 20.7 Å². The third-order valence-corrected chi connectivity index (χ3v) is 4.22. The lowest BCUT2D eigenvalue weighted by atomic mass is 10.2. The standard InChI is InChI=1S/C22H14FN5O/c23-17-6-8-19(9-7-17)28-21(16-4-2-10-25-14-16)12-20(27-28)22(29)26-18-5-1-3-15(11-18)13-24/h1-12,14H,(H,26,29). The van der Waals surface area contributed by atoms with Gasteiger partial charge in [-0.1, -0.05) is 6.07 Å². The van der Waals surface area contributed by atoms with Crippen LogP contribution in [0.3, 0.4) is 0 Å². The summed E-state index contributed by atoms with van der Waals surface area (Å²) in [5.74, 6) is -0.787. The number of aromatic nitrogens is 3. The molecule has 0 saturated heterocycles. The molecule has 4 rings (SSSR count). The van der Waals surface area contributed by atoms with Crippen LogP contribution in [0.1, 0.15) is 16.1 Å². The van der Waals surface area contributed by atoms with Gasteiger partial charge in [-0.25, -0.2) is 9.07 Å². The van der Waals surface area contributed by atoms with E-state index in [4.69, 9.17) is 5.26 Å². The average Bonchev–Trinajstić information content (AvgIpc) is 3.21. The number of rotatable bonds is 4. The molecule has 0 aliphatic carbocycles.